The van der Waals surface area contributed by atoms with Gasteiger partial charge in [-0.25, -0.2) is 4.79 Å². The molecule has 0 saturated heterocycles. The number of esters is 1. The van der Waals surface area contributed by atoms with Crippen LogP contribution in [0.5, 0.6) is 0 Å². The zero-order chi connectivity index (χ0) is 46.9. The maximum Gasteiger partial charge on any atom is 0.331 e. The van der Waals surface area contributed by atoms with E-state index in [9.17, 15) is 24.0 Å². The number of ether oxygens (including phenoxy) is 1. The van der Waals surface area contributed by atoms with Gasteiger partial charge >= 0.3 is 11.9 Å². The fourth-order valence-corrected chi connectivity index (χ4v) is 7.20. The molecule has 4 aromatic carbocycles. The third-order valence-corrected chi connectivity index (χ3v) is 10.5. The Morgan fingerprint density at radius 2 is 0.952 bits per heavy atom. The number of carbonyl (C=O) groups excluding carboxylic acids is 5. The number of oxime groups is 2. The zero-order valence-electron chi connectivity index (χ0n) is 38.4. The topological polar surface area (TPSA) is 152 Å². The van der Waals surface area contributed by atoms with E-state index in [1.54, 1.807) is 26.0 Å². The lowest BCUT2D eigenvalue weighted by atomic mass is 9.81. The number of Topliss-reactive ketones (excluding diaryl/α,β-unsaturated/α-hetero) is 2. The summed E-state index contributed by atoms with van der Waals surface area (Å²) in [5, 5.41) is 15.0. The molecule has 4 aromatic rings. The number of hydrogen-bond donors (Lipinski definition) is 1. The minimum Gasteiger partial charge on any atom is -0.466 e. The van der Waals surface area contributed by atoms with Crippen LogP contribution in [0.25, 0.3) is 22.3 Å². The Bertz CT molecular complexity index is 2280. The number of hydrogen-bond acceptors (Lipinski definition) is 11. The average Bonchev–Trinajstić information content (AvgIpc) is 3.61. The smallest absolute Gasteiger partial charge is 0.331 e. The molecule has 0 unspecified atom stereocenters. The molecule has 0 saturated carbocycles. The van der Waals surface area contributed by atoms with Crippen LogP contribution >= 0.6 is 11.6 Å². The maximum absolute atomic E-state index is 12.5. The van der Waals surface area contributed by atoms with Gasteiger partial charge in [0.1, 0.15) is 11.4 Å². The van der Waals surface area contributed by atoms with Gasteiger partial charge in [0.05, 0.1) is 6.61 Å². The number of benzene rings is 4. The van der Waals surface area contributed by atoms with Gasteiger partial charge in [0.15, 0.2) is 0 Å². The van der Waals surface area contributed by atoms with Gasteiger partial charge in [-0.2, -0.15) is 0 Å². The summed E-state index contributed by atoms with van der Waals surface area (Å²) < 4.78 is 4.40. The number of nitrogens with zero attached hydrogens (tertiary/aromatic N) is 3. The SMILES string of the molecule is C/C(=N/O)C(=O)c1ccc2c(c1)C(C)(C)c1ccccc1-2.CC(=O)Cl.CC(=O)O/N=C(/C)C(=O)c1ccc2c(c1)C(C)(C)c1ccccc1-2.CCN(CC)CC.CCOC(C)=O. The second-order valence-electron chi connectivity index (χ2n) is 15.5. The van der Waals surface area contributed by atoms with Gasteiger partial charge < -0.3 is 19.7 Å². The quantitative estimate of drug-likeness (QED) is 0.0329. The third kappa shape index (κ3) is 13.6. The van der Waals surface area contributed by atoms with Crippen molar-refractivity contribution < 1.29 is 38.8 Å². The van der Waals surface area contributed by atoms with Crippen molar-refractivity contribution in [2.45, 2.75) is 101 Å². The van der Waals surface area contributed by atoms with E-state index in [4.69, 9.17) is 5.21 Å². The maximum atomic E-state index is 12.5. The van der Waals surface area contributed by atoms with E-state index in [1.807, 2.05) is 48.5 Å². The lowest BCUT2D eigenvalue weighted by molar-refractivity contribution is -0.141. The van der Waals surface area contributed by atoms with Gasteiger partial charge in [-0.1, -0.05) is 132 Å². The number of rotatable bonds is 9. The summed E-state index contributed by atoms with van der Waals surface area (Å²) in [6, 6.07) is 28.0. The summed E-state index contributed by atoms with van der Waals surface area (Å²) in [6.45, 7) is 28.0. The fourth-order valence-electron chi connectivity index (χ4n) is 7.20. The van der Waals surface area contributed by atoms with Crippen molar-refractivity contribution in [3.63, 3.8) is 0 Å². The summed E-state index contributed by atoms with van der Waals surface area (Å²) in [6.07, 6.45) is 0. The van der Waals surface area contributed by atoms with E-state index < -0.39 is 5.97 Å². The van der Waals surface area contributed by atoms with Gasteiger partial charge in [0.25, 0.3) is 0 Å². The second kappa shape index (κ2) is 24.0. The highest BCUT2D eigenvalue weighted by molar-refractivity contribution is 6.62. The molecule has 0 amide bonds. The largest absolute Gasteiger partial charge is 0.466 e. The lowest BCUT2D eigenvalue weighted by Crippen LogP contribution is -2.21. The van der Waals surface area contributed by atoms with E-state index in [-0.39, 0.29) is 45.0 Å². The first-order valence-corrected chi connectivity index (χ1v) is 21.0. The van der Waals surface area contributed by atoms with Crippen LogP contribution < -0.4 is 0 Å². The Balaban J connectivity index is 0.000000314. The Kier molecular flexibility index (Phi) is 20.3. The zero-order valence-corrected chi connectivity index (χ0v) is 39.2. The molecule has 12 heteroatoms. The molecule has 0 radical (unpaired) electrons. The normalized spacial score (nSPS) is 13.3. The predicted octanol–water partition coefficient (Wildman–Crippen LogP) is 10.8. The molecular formula is C50H62ClN3O8. The van der Waals surface area contributed by atoms with Gasteiger partial charge in [-0.3, -0.25) is 19.2 Å². The summed E-state index contributed by atoms with van der Waals surface area (Å²) >= 11 is 4.64. The molecule has 1 N–H and O–H groups in total. The van der Waals surface area contributed by atoms with E-state index in [2.05, 4.69) is 109 Å². The number of fused-ring (bicyclic) bond motifs is 6. The van der Waals surface area contributed by atoms with Gasteiger partial charge in [0.2, 0.25) is 16.8 Å². The number of carbonyl (C=O) groups is 5. The summed E-state index contributed by atoms with van der Waals surface area (Å²) in [4.78, 5) is 61.5. The Hall–Kier alpha value is -5.78. The summed E-state index contributed by atoms with van der Waals surface area (Å²) in [5.74, 6) is -1.25. The van der Waals surface area contributed by atoms with Crippen LogP contribution in [0.15, 0.2) is 95.2 Å². The minimum atomic E-state index is -0.548. The van der Waals surface area contributed by atoms with Crippen molar-refractivity contribution >= 4 is 51.8 Å². The predicted molar refractivity (Wildman–Crippen MR) is 249 cm³/mol. The number of halogens is 1. The summed E-state index contributed by atoms with van der Waals surface area (Å²) in [5.41, 5.74) is 10.6. The van der Waals surface area contributed by atoms with E-state index in [1.165, 1.54) is 75.1 Å². The molecule has 0 aromatic heterocycles. The Morgan fingerprint density at radius 3 is 1.26 bits per heavy atom. The highest BCUT2D eigenvalue weighted by Gasteiger charge is 2.37. The van der Waals surface area contributed by atoms with Crippen LogP contribution in [0.1, 0.15) is 133 Å². The Morgan fingerprint density at radius 1 is 0.581 bits per heavy atom. The molecule has 11 nitrogen and oxygen atoms in total. The molecule has 0 fully saturated rings. The standard InChI is InChI=1S/C20H19NO3.C18H17NO2.C6H15N.C4H8O2.C2H3ClO/c1-12(21-24-13(2)22)19(23)14-9-10-16-15-7-5-6-8-17(15)20(3,4)18(16)11-14;1-11(19-21)17(20)12-8-9-14-13-6-4-5-7-15(13)18(2,3)16(14)10-12;1-4-7(5-2)6-3;1-3-6-4(2)5;1-2(3)4/h5-11H,1-4H3;4-10,21H,1-3H3;4-6H2,1-3H3;3H2,1-2H3;1H3/b21-12-;19-11-;;;. The minimum absolute atomic E-state index is 0.100. The first kappa shape index (κ1) is 52.4. The molecule has 0 bridgehead atoms. The average molecular weight is 869 g/mol. The van der Waals surface area contributed by atoms with E-state index in [0.29, 0.717) is 17.7 Å². The van der Waals surface area contributed by atoms with Gasteiger partial charge in [0, 0.05) is 42.7 Å². The first-order chi connectivity index (χ1) is 29.1. The van der Waals surface area contributed by atoms with Gasteiger partial charge in [-0.15, -0.1) is 0 Å². The molecule has 0 heterocycles. The molecule has 2 aliphatic rings. The van der Waals surface area contributed by atoms with Crippen molar-refractivity contribution in [2.75, 3.05) is 26.2 Å². The van der Waals surface area contributed by atoms with Gasteiger partial charge in [-0.05, 0) is 109 Å². The highest BCUT2D eigenvalue weighted by atomic mass is 35.5. The molecule has 0 spiro atoms. The fraction of sp³-hybridized carbons (Fsp3) is 0.380. The molecule has 332 valence electrons. The second-order valence-corrected chi connectivity index (χ2v) is 16.0. The van der Waals surface area contributed by atoms with Crippen LogP contribution in [0.2, 0.25) is 0 Å². The van der Waals surface area contributed by atoms with Crippen molar-refractivity contribution in [1.29, 1.82) is 0 Å². The van der Waals surface area contributed by atoms with E-state index in [0.717, 1.165) is 16.7 Å². The van der Waals surface area contributed by atoms with Crippen molar-refractivity contribution in [3.05, 3.63) is 118 Å². The van der Waals surface area contributed by atoms with Crippen LogP contribution in [-0.4, -0.2) is 76.5 Å². The number of ketones is 2. The van der Waals surface area contributed by atoms with Crippen molar-refractivity contribution in [3.8, 4) is 22.3 Å². The monoisotopic (exact) mass is 867 g/mol. The van der Waals surface area contributed by atoms with Crippen LogP contribution in [0.3, 0.4) is 0 Å². The lowest BCUT2D eigenvalue weighted by Gasteiger charge is -2.21. The van der Waals surface area contributed by atoms with E-state index >= 15 is 0 Å². The molecule has 62 heavy (non-hydrogen) atoms. The Labute approximate surface area is 372 Å². The first-order valence-electron chi connectivity index (χ1n) is 20.6. The molecular weight excluding hydrogens is 806 g/mol. The van der Waals surface area contributed by atoms with Crippen LogP contribution in [0.4, 0.5) is 0 Å². The van der Waals surface area contributed by atoms with Crippen molar-refractivity contribution in [1.82, 2.24) is 4.90 Å². The highest BCUT2D eigenvalue weighted by Crippen LogP contribution is 2.49. The molecule has 2 aliphatic carbocycles. The molecule has 0 atom stereocenters. The summed E-state index contributed by atoms with van der Waals surface area (Å²) in [7, 11) is 0. The van der Waals surface area contributed by atoms with Crippen LogP contribution in [-0.2, 0) is 34.8 Å². The van der Waals surface area contributed by atoms with Crippen LogP contribution in [0, 0.1) is 0 Å². The third-order valence-electron chi connectivity index (χ3n) is 10.5. The molecule has 0 aliphatic heterocycles. The van der Waals surface area contributed by atoms with Crippen molar-refractivity contribution in [2.24, 2.45) is 10.3 Å². The molecule has 6 rings (SSSR count).